The minimum Gasteiger partial charge on any atom is -0.496 e. The third-order valence-electron chi connectivity index (χ3n) is 7.66. The van der Waals surface area contributed by atoms with Crippen LogP contribution in [-0.4, -0.2) is 88.5 Å². The Labute approximate surface area is 270 Å². The highest BCUT2D eigenvalue weighted by molar-refractivity contribution is 5.92. The van der Waals surface area contributed by atoms with Gasteiger partial charge in [-0.1, -0.05) is 42.5 Å². The van der Waals surface area contributed by atoms with Crippen LogP contribution in [0.2, 0.25) is 0 Å². The summed E-state index contributed by atoms with van der Waals surface area (Å²) in [5.41, 5.74) is 2.64. The predicted octanol–water partition coefficient (Wildman–Crippen LogP) is 5.59. The van der Waals surface area contributed by atoms with Crippen molar-refractivity contribution in [3.63, 3.8) is 0 Å². The summed E-state index contributed by atoms with van der Waals surface area (Å²) in [6, 6.07) is 22.9. The van der Waals surface area contributed by atoms with Gasteiger partial charge in [0.25, 0.3) is 0 Å². The van der Waals surface area contributed by atoms with Crippen LogP contribution in [-0.2, 0) is 25.6 Å². The van der Waals surface area contributed by atoms with Gasteiger partial charge < -0.3 is 43.7 Å². The molecule has 46 heavy (non-hydrogen) atoms. The summed E-state index contributed by atoms with van der Waals surface area (Å²) in [5, 5.41) is 12.5. The first-order valence-corrected chi connectivity index (χ1v) is 15.5. The highest BCUT2D eigenvalue weighted by Crippen LogP contribution is 2.32. The Hall–Kier alpha value is -4.32. The number of carboxylic acid groups (broad SMARTS) is 1. The average molecular weight is 637 g/mol. The molecule has 248 valence electrons. The van der Waals surface area contributed by atoms with E-state index in [0.717, 1.165) is 29.0 Å². The van der Waals surface area contributed by atoms with Gasteiger partial charge in [-0.2, -0.15) is 0 Å². The first kappa shape index (κ1) is 34.6. The van der Waals surface area contributed by atoms with E-state index in [1.807, 2.05) is 60.7 Å². The lowest BCUT2D eigenvalue weighted by Crippen LogP contribution is -2.46. The van der Waals surface area contributed by atoms with Gasteiger partial charge in [-0.3, -0.25) is 4.79 Å². The van der Waals surface area contributed by atoms with E-state index in [0.29, 0.717) is 50.8 Å². The van der Waals surface area contributed by atoms with Crippen LogP contribution in [0.5, 0.6) is 17.2 Å². The van der Waals surface area contributed by atoms with Crippen LogP contribution in [0.4, 0.5) is 10.5 Å². The Morgan fingerprint density at radius 3 is 2.39 bits per heavy atom. The number of para-hydroxylation sites is 3. The molecule has 3 aromatic carbocycles. The summed E-state index contributed by atoms with van der Waals surface area (Å²) in [6.45, 7) is 3.07. The quantitative estimate of drug-likeness (QED) is 0.172. The normalized spacial score (nSPS) is 16.1. The van der Waals surface area contributed by atoms with Crippen molar-refractivity contribution in [2.75, 3.05) is 65.7 Å². The summed E-state index contributed by atoms with van der Waals surface area (Å²) in [5.74, 6) is 1.95. The van der Waals surface area contributed by atoms with E-state index in [1.54, 1.807) is 26.4 Å². The lowest BCUT2D eigenvalue weighted by molar-refractivity contribution is -0.117. The van der Waals surface area contributed by atoms with Crippen LogP contribution in [0.1, 0.15) is 36.3 Å². The molecule has 2 N–H and O–H groups in total. The molecule has 4 rings (SSSR count). The maximum atomic E-state index is 12.2. The maximum absolute atomic E-state index is 12.2. The molecule has 1 heterocycles. The third kappa shape index (κ3) is 10.6. The molecule has 1 aliphatic heterocycles. The Balaban J connectivity index is 1.24. The largest absolute Gasteiger partial charge is 0.496 e. The number of likely N-dealkylation sites (tertiary alicyclic amines) is 1. The number of carbonyl (C=O) groups is 2. The Morgan fingerprint density at radius 2 is 1.63 bits per heavy atom. The molecular weight excluding hydrogens is 592 g/mol. The second-order valence-electron chi connectivity index (χ2n) is 10.8. The van der Waals surface area contributed by atoms with E-state index in [1.165, 1.54) is 4.90 Å². The minimum atomic E-state index is -0.961. The number of nitrogens with zero attached hydrogens (tertiary/aromatic N) is 1. The summed E-state index contributed by atoms with van der Waals surface area (Å²) in [4.78, 5) is 25.3. The van der Waals surface area contributed by atoms with Crippen molar-refractivity contribution in [3.05, 3.63) is 83.9 Å². The molecule has 2 unspecified atom stereocenters. The van der Waals surface area contributed by atoms with Crippen LogP contribution in [0, 0.1) is 0 Å². The highest BCUT2D eigenvalue weighted by atomic mass is 16.5. The van der Waals surface area contributed by atoms with Crippen LogP contribution < -0.4 is 19.5 Å². The maximum Gasteiger partial charge on any atom is 0.407 e. The number of methoxy groups -OCH3 is 2. The van der Waals surface area contributed by atoms with Crippen LogP contribution >= 0.6 is 0 Å². The van der Waals surface area contributed by atoms with Gasteiger partial charge in [0.2, 0.25) is 5.91 Å². The van der Waals surface area contributed by atoms with E-state index in [4.69, 9.17) is 28.4 Å². The second kappa shape index (κ2) is 18.6. The van der Waals surface area contributed by atoms with Gasteiger partial charge in [-0.05, 0) is 42.3 Å². The highest BCUT2D eigenvalue weighted by Gasteiger charge is 2.33. The molecule has 1 saturated heterocycles. The molecule has 2 atom stereocenters. The summed E-state index contributed by atoms with van der Waals surface area (Å²) in [7, 11) is 3.20. The zero-order valence-corrected chi connectivity index (χ0v) is 26.5. The van der Waals surface area contributed by atoms with Gasteiger partial charge >= 0.3 is 6.09 Å². The summed E-state index contributed by atoms with van der Waals surface area (Å²) >= 11 is 0. The van der Waals surface area contributed by atoms with Crippen molar-refractivity contribution in [1.29, 1.82) is 0 Å². The second-order valence-corrected chi connectivity index (χ2v) is 10.8. The van der Waals surface area contributed by atoms with Crippen molar-refractivity contribution in [2.45, 2.75) is 37.9 Å². The van der Waals surface area contributed by atoms with Crippen molar-refractivity contribution < 1.29 is 43.1 Å². The van der Waals surface area contributed by atoms with Gasteiger partial charge in [0.1, 0.15) is 23.9 Å². The van der Waals surface area contributed by atoms with Crippen LogP contribution in [0.15, 0.2) is 72.8 Å². The first-order chi connectivity index (χ1) is 22.5. The number of hydrogen-bond acceptors (Lipinski definition) is 8. The molecule has 0 saturated carbocycles. The fourth-order valence-corrected chi connectivity index (χ4v) is 5.26. The number of rotatable bonds is 18. The molecule has 11 heteroatoms. The van der Waals surface area contributed by atoms with Gasteiger partial charge in [0.05, 0.1) is 64.9 Å². The Kier molecular flexibility index (Phi) is 14.0. The third-order valence-corrected chi connectivity index (χ3v) is 7.66. The van der Waals surface area contributed by atoms with Crippen molar-refractivity contribution in [1.82, 2.24) is 4.90 Å². The van der Waals surface area contributed by atoms with Crippen molar-refractivity contribution in [2.24, 2.45) is 0 Å². The topological polar surface area (TPSA) is 125 Å². The molecular formula is C35H44N2O9. The molecule has 2 amide bonds. The fraction of sp³-hybridized carbons (Fsp3) is 0.429. The molecule has 0 aromatic heterocycles. The Morgan fingerprint density at radius 1 is 0.870 bits per heavy atom. The molecule has 1 aliphatic rings. The van der Waals surface area contributed by atoms with Gasteiger partial charge in [-0.25, -0.2) is 4.79 Å². The molecule has 0 bridgehead atoms. The van der Waals surface area contributed by atoms with Crippen LogP contribution in [0.25, 0.3) is 0 Å². The standard InChI is InChI=1S/C35H44N2O9/c1-41-21-17-34(38)36-30-9-4-6-11-32(30)45-22-23-46-33-24-37(35(39)40)18-16-29(33)26-12-14-28(15-13-26)44-20-7-19-43-25-27-8-3-5-10-31(27)42-2/h3-6,8-15,29,33H,7,16-25H2,1-2H3,(H,36,38)(H,39,40). The summed E-state index contributed by atoms with van der Waals surface area (Å²) < 4.78 is 34.2. The number of hydrogen-bond donors (Lipinski definition) is 2. The lowest BCUT2D eigenvalue weighted by Gasteiger charge is -2.37. The first-order valence-electron chi connectivity index (χ1n) is 15.5. The molecule has 0 aliphatic carbocycles. The van der Waals surface area contributed by atoms with Gasteiger partial charge in [0.15, 0.2) is 0 Å². The fourth-order valence-electron chi connectivity index (χ4n) is 5.26. The van der Waals surface area contributed by atoms with Gasteiger partial charge in [0, 0.05) is 31.6 Å². The smallest absolute Gasteiger partial charge is 0.407 e. The Bertz CT molecular complexity index is 1370. The number of carbonyl (C=O) groups excluding carboxylic acids is 1. The van der Waals surface area contributed by atoms with E-state index < -0.39 is 6.09 Å². The van der Waals surface area contributed by atoms with E-state index in [2.05, 4.69) is 5.32 Å². The SMILES string of the molecule is COCCC(=O)Nc1ccccc1OCCOC1CN(C(=O)O)CCC1c1ccc(OCCCOCc2ccccc2OC)cc1. The van der Waals surface area contributed by atoms with E-state index in [-0.39, 0.29) is 44.1 Å². The molecule has 11 nitrogen and oxygen atoms in total. The van der Waals surface area contributed by atoms with E-state index in [9.17, 15) is 14.7 Å². The number of piperidine rings is 1. The number of anilines is 1. The average Bonchev–Trinajstić information content (AvgIpc) is 3.08. The minimum absolute atomic E-state index is 0.0142. The number of ether oxygens (including phenoxy) is 6. The van der Waals surface area contributed by atoms with Crippen LogP contribution in [0.3, 0.4) is 0 Å². The summed E-state index contributed by atoms with van der Waals surface area (Å²) in [6.07, 6.45) is 0.317. The number of benzene rings is 3. The van der Waals surface area contributed by atoms with Crippen molar-refractivity contribution >= 4 is 17.7 Å². The zero-order chi connectivity index (χ0) is 32.6. The molecule has 0 radical (unpaired) electrons. The molecule has 1 fully saturated rings. The monoisotopic (exact) mass is 636 g/mol. The van der Waals surface area contributed by atoms with Crippen molar-refractivity contribution in [3.8, 4) is 17.2 Å². The lowest BCUT2D eigenvalue weighted by atomic mass is 9.87. The predicted molar refractivity (Wildman–Crippen MR) is 173 cm³/mol. The number of amides is 2. The van der Waals surface area contributed by atoms with E-state index >= 15 is 0 Å². The number of nitrogens with one attached hydrogen (secondary N) is 1. The zero-order valence-electron chi connectivity index (χ0n) is 26.5. The molecule has 0 spiro atoms. The van der Waals surface area contributed by atoms with Gasteiger partial charge in [-0.15, -0.1) is 0 Å². The molecule has 3 aromatic rings.